The van der Waals surface area contributed by atoms with Crippen LogP contribution in [0.1, 0.15) is 10.5 Å². The number of aldehydes is 1. The standard InChI is InChI=1S/C12H9NO2/c14-9-12(15)11-7-4-8-13(11)10-5-2-1-3-6-10/h1-9H. The number of carbonyl (C=O) groups is 2. The lowest BCUT2D eigenvalue weighted by molar-refractivity contribution is -0.104. The molecule has 0 radical (unpaired) electrons. The summed E-state index contributed by atoms with van der Waals surface area (Å²) in [5.74, 6) is -0.510. The second kappa shape index (κ2) is 3.92. The number of benzene rings is 1. The summed E-state index contributed by atoms with van der Waals surface area (Å²) in [7, 11) is 0. The molecule has 1 aromatic carbocycles. The Bertz CT molecular complexity index is 485. The Morgan fingerprint density at radius 1 is 1.07 bits per heavy atom. The van der Waals surface area contributed by atoms with Crippen LogP contribution in [0.4, 0.5) is 0 Å². The molecule has 0 N–H and O–H groups in total. The molecule has 0 saturated heterocycles. The molecule has 2 rings (SSSR count). The fourth-order valence-corrected chi connectivity index (χ4v) is 1.46. The van der Waals surface area contributed by atoms with E-state index in [2.05, 4.69) is 0 Å². The molecule has 2 aromatic rings. The molecule has 74 valence electrons. The summed E-state index contributed by atoms with van der Waals surface area (Å²) in [5, 5.41) is 0. The monoisotopic (exact) mass is 199 g/mol. The lowest BCUT2D eigenvalue weighted by Gasteiger charge is -2.05. The molecule has 0 fully saturated rings. The molecule has 0 amide bonds. The molecule has 0 aliphatic heterocycles. The highest BCUT2D eigenvalue weighted by Gasteiger charge is 2.09. The number of carbonyl (C=O) groups excluding carboxylic acids is 2. The summed E-state index contributed by atoms with van der Waals surface area (Å²) < 4.78 is 1.69. The fourth-order valence-electron chi connectivity index (χ4n) is 1.46. The van der Waals surface area contributed by atoms with Crippen molar-refractivity contribution in [2.24, 2.45) is 0 Å². The van der Waals surface area contributed by atoms with Crippen LogP contribution in [0.3, 0.4) is 0 Å². The number of nitrogens with zero attached hydrogens (tertiary/aromatic N) is 1. The van der Waals surface area contributed by atoms with E-state index in [1.165, 1.54) is 0 Å². The van der Waals surface area contributed by atoms with Gasteiger partial charge in [0.05, 0.1) is 5.69 Å². The van der Waals surface area contributed by atoms with E-state index in [1.807, 2.05) is 30.3 Å². The van der Waals surface area contributed by atoms with E-state index < -0.39 is 5.78 Å². The number of hydrogen-bond donors (Lipinski definition) is 0. The van der Waals surface area contributed by atoms with Crippen molar-refractivity contribution in [2.45, 2.75) is 0 Å². The average Bonchev–Trinajstić information content (AvgIpc) is 2.78. The molecule has 1 aromatic heterocycles. The molecular formula is C12H9NO2. The number of aromatic nitrogens is 1. The number of para-hydroxylation sites is 1. The number of rotatable bonds is 3. The molecule has 0 unspecified atom stereocenters. The highest BCUT2D eigenvalue weighted by Crippen LogP contribution is 2.12. The Kier molecular flexibility index (Phi) is 2.46. The van der Waals surface area contributed by atoms with Crippen LogP contribution in [0.5, 0.6) is 0 Å². The van der Waals surface area contributed by atoms with Crippen molar-refractivity contribution in [2.75, 3.05) is 0 Å². The van der Waals surface area contributed by atoms with Gasteiger partial charge in [0.1, 0.15) is 0 Å². The maximum atomic E-state index is 11.3. The van der Waals surface area contributed by atoms with Crippen LogP contribution in [-0.2, 0) is 4.79 Å². The third kappa shape index (κ3) is 1.72. The Hall–Kier alpha value is -2.16. The van der Waals surface area contributed by atoms with Gasteiger partial charge < -0.3 is 4.57 Å². The van der Waals surface area contributed by atoms with Gasteiger partial charge in [0, 0.05) is 11.9 Å². The normalized spacial score (nSPS) is 9.87. The highest BCUT2D eigenvalue weighted by molar-refractivity contribution is 6.32. The predicted molar refractivity (Wildman–Crippen MR) is 56.2 cm³/mol. The van der Waals surface area contributed by atoms with Gasteiger partial charge in [0.15, 0.2) is 6.29 Å². The maximum Gasteiger partial charge on any atom is 0.242 e. The zero-order chi connectivity index (χ0) is 10.7. The zero-order valence-corrected chi connectivity index (χ0v) is 7.96. The molecule has 0 bridgehead atoms. The summed E-state index contributed by atoms with van der Waals surface area (Å²) in [6, 6.07) is 12.8. The smallest absolute Gasteiger partial charge is 0.242 e. The van der Waals surface area contributed by atoms with Crippen molar-refractivity contribution in [3.63, 3.8) is 0 Å². The molecule has 0 spiro atoms. The molecule has 0 atom stereocenters. The first-order chi connectivity index (χ1) is 7.33. The van der Waals surface area contributed by atoms with Gasteiger partial charge in [-0.3, -0.25) is 9.59 Å². The van der Waals surface area contributed by atoms with Crippen molar-refractivity contribution < 1.29 is 9.59 Å². The van der Waals surface area contributed by atoms with Crippen molar-refractivity contribution in [3.8, 4) is 5.69 Å². The summed E-state index contributed by atoms with van der Waals surface area (Å²) in [6.45, 7) is 0. The van der Waals surface area contributed by atoms with Crippen LogP contribution in [0, 0.1) is 0 Å². The first kappa shape index (κ1) is 9.40. The maximum absolute atomic E-state index is 11.3. The zero-order valence-electron chi connectivity index (χ0n) is 7.96. The van der Waals surface area contributed by atoms with E-state index in [4.69, 9.17) is 0 Å². The van der Waals surface area contributed by atoms with Crippen LogP contribution in [0.2, 0.25) is 0 Å². The average molecular weight is 199 g/mol. The van der Waals surface area contributed by atoms with Gasteiger partial charge in [-0.05, 0) is 24.3 Å². The third-order valence-electron chi connectivity index (χ3n) is 2.14. The van der Waals surface area contributed by atoms with E-state index in [1.54, 1.807) is 22.9 Å². The summed E-state index contributed by atoms with van der Waals surface area (Å²) in [5.41, 5.74) is 1.25. The molecule has 0 saturated carbocycles. The third-order valence-corrected chi connectivity index (χ3v) is 2.14. The van der Waals surface area contributed by atoms with Crippen LogP contribution in [0.25, 0.3) is 5.69 Å². The minimum atomic E-state index is -0.510. The van der Waals surface area contributed by atoms with Crippen LogP contribution in [-0.4, -0.2) is 16.6 Å². The van der Waals surface area contributed by atoms with Crippen molar-refractivity contribution in [3.05, 3.63) is 54.4 Å². The van der Waals surface area contributed by atoms with Crippen molar-refractivity contribution >= 4 is 12.1 Å². The Labute approximate surface area is 87.0 Å². The van der Waals surface area contributed by atoms with E-state index in [-0.39, 0.29) is 0 Å². The minimum absolute atomic E-state index is 0.328. The van der Waals surface area contributed by atoms with Gasteiger partial charge >= 0.3 is 0 Å². The van der Waals surface area contributed by atoms with E-state index in [0.717, 1.165) is 5.69 Å². The van der Waals surface area contributed by atoms with Crippen LogP contribution in [0.15, 0.2) is 48.7 Å². The predicted octanol–water partition coefficient (Wildman–Crippen LogP) is 1.86. The fraction of sp³-hybridized carbons (Fsp3) is 0. The van der Waals surface area contributed by atoms with E-state index in [9.17, 15) is 9.59 Å². The Balaban J connectivity index is 2.50. The second-order valence-corrected chi connectivity index (χ2v) is 3.08. The van der Waals surface area contributed by atoms with Gasteiger partial charge in [-0.1, -0.05) is 18.2 Å². The van der Waals surface area contributed by atoms with Gasteiger partial charge in [-0.25, -0.2) is 0 Å². The molecule has 3 heteroatoms. The number of hydrogen-bond acceptors (Lipinski definition) is 2. The highest BCUT2D eigenvalue weighted by atomic mass is 16.2. The quantitative estimate of drug-likeness (QED) is 0.430. The molecular weight excluding hydrogens is 190 g/mol. The summed E-state index contributed by atoms with van der Waals surface area (Å²) >= 11 is 0. The molecule has 0 aliphatic carbocycles. The lowest BCUT2D eigenvalue weighted by atomic mass is 10.2. The summed E-state index contributed by atoms with van der Waals surface area (Å²) in [6.07, 6.45) is 2.08. The van der Waals surface area contributed by atoms with Crippen LogP contribution < -0.4 is 0 Å². The number of ketones is 1. The van der Waals surface area contributed by atoms with Crippen LogP contribution >= 0.6 is 0 Å². The topological polar surface area (TPSA) is 39.1 Å². The minimum Gasteiger partial charge on any atom is -0.314 e. The largest absolute Gasteiger partial charge is 0.314 e. The van der Waals surface area contributed by atoms with Crippen molar-refractivity contribution in [1.82, 2.24) is 4.57 Å². The SMILES string of the molecule is O=CC(=O)c1cccn1-c1ccccc1. The Morgan fingerprint density at radius 2 is 1.80 bits per heavy atom. The van der Waals surface area contributed by atoms with E-state index in [0.29, 0.717) is 12.0 Å². The molecule has 3 nitrogen and oxygen atoms in total. The van der Waals surface area contributed by atoms with Gasteiger partial charge in [0.25, 0.3) is 0 Å². The lowest BCUT2D eigenvalue weighted by Crippen LogP contribution is -2.07. The molecule has 1 heterocycles. The molecule has 0 aliphatic rings. The first-order valence-electron chi connectivity index (χ1n) is 4.55. The van der Waals surface area contributed by atoms with E-state index >= 15 is 0 Å². The van der Waals surface area contributed by atoms with Gasteiger partial charge in [-0.2, -0.15) is 0 Å². The molecule has 15 heavy (non-hydrogen) atoms. The van der Waals surface area contributed by atoms with Crippen molar-refractivity contribution in [1.29, 1.82) is 0 Å². The van der Waals surface area contributed by atoms with Gasteiger partial charge in [-0.15, -0.1) is 0 Å². The Morgan fingerprint density at radius 3 is 2.47 bits per heavy atom. The summed E-state index contributed by atoms with van der Waals surface area (Å²) in [4.78, 5) is 21.7. The van der Waals surface area contributed by atoms with Gasteiger partial charge in [0.2, 0.25) is 5.78 Å². The first-order valence-corrected chi connectivity index (χ1v) is 4.55. The number of Topliss-reactive ketones (excluding diaryl/α,β-unsaturated/α-hetero) is 1. The second-order valence-electron chi connectivity index (χ2n) is 3.08.